The van der Waals surface area contributed by atoms with Crippen LogP contribution >= 0.6 is 0 Å². The molecule has 0 amide bonds. The van der Waals surface area contributed by atoms with Crippen molar-refractivity contribution in [2.45, 2.75) is 25.2 Å². The third-order valence-corrected chi connectivity index (χ3v) is 2.33. The Bertz CT molecular complexity index is 443. The molecule has 0 aliphatic carbocycles. The Hall–Kier alpha value is -1.63. The highest BCUT2D eigenvalue weighted by molar-refractivity contribution is 5.81. The minimum Gasteiger partial charge on any atom is -0.459 e. The summed E-state index contributed by atoms with van der Waals surface area (Å²) in [6.07, 6.45) is -4.93. The molecule has 0 saturated heterocycles. The van der Waals surface area contributed by atoms with Crippen molar-refractivity contribution in [3.05, 3.63) is 35.6 Å². The molecule has 1 aromatic carbocycles. The Balaban J connectivity index is 2.71. The quantitative estimate of drug-likeness (QED) is 0.673. The van der Waals surface area contributed by atoms with E-state index >= 15 is 0 Å². The number of benzene rings is 1. The molecule has 1 aromatic rings. The number of hydrogen-bond acceptors (Lipinski definition) is 3. The summed E-state index contributed by atoms with van der Waals surface area (Å²) in [5, 5.41) is 0. The van der Waals surface area contributed by atoms with Crippen LogP contribution < -0.4 is 5.73 Å². The number of carbonyl (C=O) groups excluding carboxylic acids is 1. The van der Waals surface area contributed by atoms with Gasteiger partial charge in [-0.3, -0.25) is 0 Å². The van der Waals surface area contributed by atoms with E-state index < -0.39 is 30.1 Å². The van der Waals surface area contributed by atoms with Gasteiger partial charge in [-0.1, -0.05) is 18.2 Å². The van der Waals surface area contributed by atoms with Crippen LogP contribution in [0.3, 0.4) is 0 Å². The van der Waals surface area contributed by atoms with Crippen molar-refractivity contribution < 1.29 is 27.1 Å². The van der Waals surface area contributed by atoms with Crippen LogP contribution in [0.2, 0.25) is 0 Å². The lowest BCUT2D eigenvalue weighted by atomic mass is 10.0. The first-order valence-electron chi connectivity index (χ1n) is 4.92. The number of ether oxygens (including phenoxy) is 1. The highest BCUT2D eigenvalue weighted by atomic mass is 19.4. The molecule has 1 unspecified atom stereocenters. The van der Waals surface area contributed by atoms with E-state index in [9.17, 15) is 22.4 Å². The third-order valence-electron chi connectivity index (χ3n) is 2.33. The summed E-state index contributed by atoms with van der Waals surface area (Å²) in [7, 11) is 0. The maximum Gasteiger partial charge on any atom is 0.416 e. The first kappa shape index (κ1) is 14.4. The maximum absolute atomic E-state index is 13.1. The Morgan fingerprint density at radius 1 is 1.33 bits per heavy atom. The van der Waals surface area contributed by atoms with Crippen LogP contribution in [0, 0.1) is 5.82 Å². The van der Waals surface area contributed by atoms with Crippen LogP contribution in [0.15, 0.2) is 24.3 Å². The molecule has 0 aliphatic rings. The summed E-state index contributed by atoms with van der Waals surface area (Å²) in [6.45, 7) is -0.106. The van der Waals surface area contributed by atoms with E-state index in [-0.39, 0.29) is 5.56 Å². The van der Waals surface area contributed by atoms with E-state index in [2.05, 4.69) is 4.74 Å². The molecule has 0 heterocycles. The van der Waals surface area contributed by atoms with Gasteiger partial charge in [0.15, 0.2) is 0 Å². The monoisotopic (exact) mass is 265 g/mol. The third kappa shape index (κ3) is 2.98. The van der Waals surface area contributed by atoms with Crippen LogP contribution in [0.1, 0.15) is 12.5 Å². The number of carbonyl (C=O) groups is 1. The average molecular weight is 265 g/mol. The van der Waals surface area contributed by atoms with Gasteiger partial charge in [-0.05, 0) is 13.0 Å². The summed E-state index contributed by atoms with van der Waals surface area (Å²) in [5.41, 5.74) is 1.71. The second-order valence-corrected chi connectivity index (χ2v) is 3.87. The van der Waals surface area contributed by atoms with Gasteiger partial charge >= 0.3 is 12.1 Å². The first-order chi connectivity index (χ1) is 8.16. The molecule has 0 aromatic heterocycles. The van der Waals surface area contributed by atoms with Crippen molar-refractivity contribution >= 4 is 5.97 Å². The van der Waals surface area contributed by atoms with Gasteiger partial charge in [0.05, 0.1) is 0 Å². The highest BCUT2D eigenvalue weighted by Crippen LogP contribution is 2.29. The van der Waals surface area contributed by atoms with Gasteiger partial charge in [0.25, 0.3) is 0 Å². The second kappa shape index (κ2) is 4.93. The van der Waals surface area contributed by atoms with Crippen LogP contribution in [0.25, 0.3) is 0 Å². The lowest BCUT2D eigenvalue weighted by Gasteiger charge is -2.25. The summed E-state index contributed by atoms with van der Waals surface area (Å²) < 4.78 is 54.7. The topological polar surface area (TPSA) is 52.3 Å². The zero-order chi connectivity index (χ0) is 14.0. The minimum absolute atomic E-state index is 0.0242. The van der Waals surface area contributed by atoms with E-state index in [1.54, 1.807) is 0 Å². The fraction of sp³-hybridized carbons (Fsp3) is 0.364. The predicted molar refractivity (Wildman–Crippen MR) is 54.8 cm³/mol. The summed E-state index contributed by atoms with van der Waals surface area (Å²) in [6, 6.07) is 5.28. The van der Waals surface area contributed by atoms with Crippen LogP contribution in [-0.2, 0) is 16.1 Å². The lowest BCUT2D eigenvalue weighted by molar-refractivity contribution is -0.202. The molecule has 7 heteroatoms. The smallest absolute Gasteiger partial charge is 0.416 e. The number of esters is 1. The second-order valence-electron chi connectivity index (χ2n) is 3.87. The normalized spacial score (nSPS) is 15.0. The molecule has 0 aliphatic heterocycles. The van der Waals surface area contributed by atoms with Gasteiger partial charge in [-0.15, -0.1) is 0 Å². The van der Waals surface area contributed by atoms with Crippen LogP contribution in [-0.4, -0.2) is 17.7 Å². The highest BCUT2D eigenvalue weighted by Gasteiger charge is 2.55. The number of hydrogen-bond donors (Lipinski definition) is 1. The van der Waals surface area contributed by atoms with E-state index in [1.165, 1.54) is 18.2 Å². The molecule has 100 valence electrons. The number of rotatable bonds is 3. The van der Waals surface area contributed by atoms with Gasteiger partial charge < -0.3 is 10.5 Å². The van der Waals surface area contributed by atoms with Crippen LogP contribution in [0.4, 0.5) is 17.6 Å². The van der Waals surface area contributed by atoms with Gasteiger partial charge in [0.1, 0.15) is 12.4 Å². The zero-order valence-electron chi connectivity index (χ0n) is 9.42. The first-order valence-corrected chi connectivity index (χ1v) is 4.92. The Labute approximate surface area is 101 Å². The van der Waals surface area contributed by atoms with Crippen molar-refractivity contribution in [1.82, 2.24) is 0 Å². The fourth-order valence-electron chi connectivity index (χ4n) is 1.02. The molecule has 0 fully saturated rings. The Morgan fingerprint density at radius 2 is 1.89 bits per heavy atom. The van der Waals surface area contributed by atoms with E-state index in [0.29, 0.717) is 6.92 Å². The van der Waals surface area contributed by atoms with Crippen molar-refractivity contribution in [2.24, 2.45) is 5.73 Å². The molecule has 2 N–H and O–H groups in total. The molecule has 0 saturated carbocycles. The number of halogens is 4. The molecule has 0 bridgehead atoms. The Kier molecular flexibility index (Phi) is 3.95. The predicted octanol–water partition coefficient (Wildman–Crippen LogP) is 2.15. The van der Waals surface area contributed by atoms with E-state index in [0.717, 1.165) is 6.07 Å². The Morgan fingerprint density at radius 3 is 2.39 bits per heavy atom. The van der Waals surface area contributed by atoms with Crippen molar-refractivity contribution in [1.29, 1.82) is 0 Å². The summed E-state index contributed by atoms with van der Waals surface area (Å²) in [4.78, 5) is 11.2. The maximum atomic E-state index is 13.1. The molecule has 0 radical (unpaired) electrons. The molecule has 1 atom stereocenters. The minimum atomic E-state index is -4.93. The van der Waals surface area contributed by atoms with Crippen molar-refractivity contribution in [2.75, 3.05) is 0 Å². The SMILES string of the molecule is CC(N)(C(=O)OCc1ccccc1F)C(F)(F)F. The summed E-state index contributed by atoms with van der Waals surface area (Å²) in [5.74, 6) is -2.32. The molecular formula is C11H11F4NO2. The van der Waals surface area contributed by atoms with Crippen molar-refractivity contribution in [3.8, 4) is 0 Å². The molecule has 0 spiro atoms. The summed E-state index contributed by atoms with van der Waals surface area (Å²) >= 11 is 0. The van der Waals surface area contributed by atoms with E-state index in [1.807, 2.05) is 0 Å². The molecule has 3 nitrogen and oxygen atoms in total. The fourth-order valence-corrected chi connectivity index (χ4v) is 1.02. The van der Waals surface area contributed by atoms with Crippen LogP contribution in [0.5, 0.6) is 0 Å². The lowest BCUT2D eigenvalue weighted by Crippen LogP contribution is -2.57. The largest absolute Gasteiger partial charge is 0.459 e. The molecule has 1 rings (SSSR count). The van der Waals surface area contributed by atoms with E-state index in [4.69, 9.17) is 5.73 Å². The number of nitrogens with two attached hydrogens (primary N) is 1. The van der Waals surface area contributed by atoms with Gasteiger partial charge in [-0.2, -0.15) is 13.2 Å². The number of alkyl halides is 3. The zero-order valence-corrected chi connectivity index (χ0v) is 9.42. The standard InChI is InChI=1S/C11H11F4NO2/c1-10(16,11(13,14)15)9(17)18-6-7-4-2-3-5-8(7)12/h2-5H,6,16H2,1H3. The molecule has 18 heavy (non-hydrogen) atoms. The van der Waals surface area contributed by atoms with Gasteiger partial charge in [0.2, 0.25) is 5.54 Å². The van der Waals surface area contributed by atoms with Crippen molar-refractivity contribution in [3.63, 3.8) is 0 Å². The average Bonchev–Trinajstić information content (AvgIpc) is 2.26. The van der Waals surface area contributed by atoms with Gasteiger partial charge in [-0.25, -0.2) is 9.18 Å². The van der Waals surface area contributed by atoms with Gasteiger partial charge in [0, 0.05) is 5.56 Å². The molecular weight excluding hydrogens is 254 g/mol.